The van der Waals surface area contributed by atoms with Crippen LogP contribution >= 0.6 is 11.6 Å². The summed E-state index contributed by atoms with van der Waals surface area (Å²) in [7, 11) is 0. The third-order valence-electron chi connectivity index (χ3n) is 1.37. The van der Waals surface area contributed by atoms with Crippen molar-refractivity contribution in [2.75, 3.05) is 19.8 Å². The summed E-state index contributed by atoms with van der Waals surface area (Å²) in [5, 5.41) is 2.16. The Morgan fingerprint density at radius 1 is 1.69 bits per heavy atom. The van der Waals surface area contributed by atoms with Crippen LogP contribution in [0.3, 0.4) is 0 Å². The van der Waals surface area contributed by atoms with Crippen molar-refractivity contribution in [1.29, 1.82) is 0 Å². The Morgan fingerprint density at radius 3 is 2.92 bits per heavy atom. The van der Waals surface area contributed by atoms with Gasteiger partial charge in [-0.3, -0.25) is 4.79 Å². The first-order valence-electron chi connectivity index (χ1n) is 4.29. The molecule has 0 aliphatic carbocycles. The molecule has 3 nitrogen and oxygen atoms in total. The highest BCUT2D eigenvalue weighted by Gasteiger charge is 2.06. The second kappa shape index (κ2) is 8.08. The first-order chi connectivity index (χ1) is 6.18. The highest BCUT2D eigenvalue weighted by atomic mass is 35.5. The van der Waals surface area contributed by atoms with Crippen LogP contribution in [0, 0.1) is 0 Å². The van der Waals surface area contributed by atoms with E-state index in [9.17, 15) is 4.79 Å². The lowest BCUT2D eigenvalue weighted by Gasteiger charge is -2.06. The van der Waals surface area contributed by atoms with Crippen LogP contribution in [-0.2, 0) is 9.53 Å². The summed E-state index contributed by atoms with van der Waals surface area (Å²) >= 11 is 5.52. The van der Waals surface area contributed by atoms with Crippen molar-refractivity contribution in [2.45, 2.75) is 18.7 Å². The maximum atomic E-state index is 10.9. The van der Waals surface area contributed by atoms with Crippen LogP contribution in [0.25, 0.3) is 0 Å². The Hall–Kier alpha value is -0.540. The van der Waals surface area contributed by atoms with Crippen molar-refractivity contribution in [1.82, 2.24) is 5.32 Å². The molecule has 13 heavy (non-hydrogen) atoms. The standard InChI is InChI=1S/C9H16ClNO2/c1-3-4-6-13-7-5-11-9(12)8(2)10/h3,8H,1,4-7H2,2H3,(H,11,12). The summed E-state index contributed by atoms with van der Waals surface area (Å²) in [6.07, 6.45) is 2.62. The molecule has 0 radical (unpaired) electrons. The van der Waals surface area contributed by atoms with Crippen LogP contribution in [0.5, 0.6) is 0 Å². The second-order valence-corrected chi connectivity index (χ2v) is 3.25. The van der Waals surface area contributed by atoms with Crippen molar-refractivity contribution >= 4 is 17.5 Å². The van der Waals surface area contributed by atoms with Gasteiger partial charge in [0.15, 0.2) is 0 Å². The Balaban J connectivity index is 3.16. The monoisotopic (exact) mass is 205 g/mol. The lowest BCUT2D eigenvalue weighted by Crippen LogP contribution is -2.32. The van der Waals surface area contributed by atoms with Crippen molar-refractivity contribution in [3.63, 3.8) is 0 Å². The minimum absolute atomic E-state index is 0.158. The number of amides is 1. The van der Waals surface area contributed by atoms with Crippen LogP contribution < -0.4 is 5.32 Å². The first kappa shape index (κ1) is 12.5. The summed E-state index contributed by atoms with van der Waals surface area (Å²) in [4.78, 5) is 10.9. The molecule has 0 aromatic heterocycles. The number of carbonyl (C=O) groups is 1. The van der Waals surface area contributed by atoms with Gasteiger partial charge < -0.3 is 10.1 Å². The minimum atomic E-state index is -0.479. The number of carbonyl (C=O) groups excluding carboxylic acids is 1. The van der Waals surface area contributed by atoms with Gasteiger partial charge in [-0.2, -0.15) is 0 Å². The molecule has 76 valence electrons. The fourth-order valence-corrected chi connectivity index (χ4v) is 0.733. The van der Waals surface area contributed by atoms with Gasteiger partial charge in [-0.15, -0.1) is 18.2 Å². The Kier molecular flexibility index (Phi) is 7.74. The maximum Gasteiger partial charge on any atom is 0.237 e. The fraction of sp³-hybridized carbons (Fsp3) is 0.667. The van der Waals surface area contributed by atoms with E-state index in [2.05, 4.69) is 11.9 Å². The minimum Gasteiger partial charge on any atom is -0.379 e. The number of hydrogen-bond acceptors (Lipinski definition) is 2. The molecule has 0 saturated heterocycles. The number of halogens is 1. The molecule has 4 heteroatoms. The fourth-order valence-electron chi connectivity index (χ4n) is 0.656. The van der Waals surface area contributed by atoms with E-state index in [1.165, 1.54) is 0 Å². The van der Waals surface area contributed by atoms with E-state index in [0.717, 1.165) is 6.42 Å². The number of rotatable bonds is 7. The molecule has 0 bridgehead atoms. The largest absolute Gasteiger partial charge is 0.379 e. The average Bonchev–Trinajstić information content (AvgIpc) is 2.10. The quantitative estimate of drug-likeness (QED) is 0.387. The smallest absolute Gasteiger partial charge is 0.237 e. The van der Waals surface area contributed by atoms with E-state index in [1.807, 2.05) is 0 Å². The van der Waals surface area contributed by atoms with Gasteiger partial charge in [0.2, 0.25) is 5.91 Å². The van der Waals surface area contributed by atoms with E-state index in [4.69, 9.17) is 16.3 Å². The van der Waals surface area contributed by atoms with Gasteiger partial charge in [0.05, 0.1) is 13.2 Å². The molecule has 0 spiro atoms. The van der Waals surface area contributed by atoms with E-state index in [1.54, 1.807) is 13.0 Å². The van der Waals surface area contributed by atoms with Gasteiger partial charge in [0.25, 0.3) is 0 Å². The number of ether oxygens (including phenoxy) is 1. The van der Waals surface area contributed by atoms with Crippen LogP contribution in [0.1, 0.15) is 13.3 Å². The number of nitrogens with one attached hydrogen (secondary N) is 1. The molecule has 0 heterocycles. The zero-order valence-electron chi connectivity index (χ0n) is 7.88. The van der Waals surface area contributed by atoms with Crippen molar-refractivity contribution < 1.29 is 9.53 Å². The van der Waals surface area contributed by atoms with Gasteiger partial charge in [-0.25, -0.2) is 0 Å². The molecule has 1 unspecified atom stereocenters. The molecule has 1 amide bonds. The highest BCUT2D eigenvalue weighted by Crippen LogP contribution is 1.91. The predicted octanol–water partition coefficient (Wildman–Crippen LogP) is 1.32. The third-order valence-corrected chi connectivity index (χ3v) is 1.57. The zero-order chi connectivity index (χ0) is 10.1. The molecule has 0 saturated carbocycles. The van der Waals surface area contributed by atoms with Crippen LogP contribution in [-0.4, -0.2) is 31.0 Å². The maximum absolute atomic E-state index is 10.9. The van der Waals surface area contributed by atoms with E-state index < -0.39 is 5.38 Å². The molecule has 0 aliphatic rings. The first-order valence-corrected chi connectivity index (χ1v) is 4.72. The Labute approximate surface area is 84.1 Å². The Morgan fingerprint density at radius 2 is 2.38 bits per heavy atom. The van der Waals surface area contributed by atoms with Gasteiger partial charge in [-0.1, -0.05) is 6.08 Å². The lowest BCUT2D eigenvalue weighted by atomic mass is 10.4. The molecule has 1 atom stereocenters. The molecule has 0 aromatic rings. The molecule has 1 N–H and O–H groups in total. The van der Waals surface area contributed by atoms with Crippen molar-refractivity contribution in [3.8, 4) is 0 Å². The third kappa shape index (κ3) is 7.81. The number of hydrogen-bond donors (Lipinski definition) is 1. The predicted molar refractivity (Wildman–Crippen MR) is 54.0 cm³/mol. The highest BCUT2D eigenvalue weighted by molar-refractivity contribution is 6.30. The summed E-state index contributed by atoms with van der Waals surface area (Å²) < 4.78 is 5.18. The summed E-state index contributed by atoms with van der Waals surface area (Å²) in [5.41, 5.74) is 0. The molecular weight excluding hydrogens is 190 g/mol. The molecule has 0 fully saturated rings. The topological polar surface area (TPSA) is 38.3 Å². The van der Waals surface area contributed by atoms with Crippen LogP contribution in [0.2, 0.25) is 0 Å². The average molecular weight is 206 g/mol. The van der Waals surface area contributed by atoms with Crippen molar-refractivity contribution in [3.05, 3.63) is 12.7 Å². The molecule has 0 rings (SSSR count). The zero-order valence-corrected chi connectivity index (χ0v) is 8.64. The van der Waals surface area contributed by atoms with E-state index in [0.29, 0.717) is 19.8 Å². The van der Waals surface area contributed by atoms with Gasteiger partial charge in [0, 0.05) is 6.54 Å². The van der Waals surface area contributed by atoms with Crippen LogP contribution in [0.4, 0.5) is 0 Å². The van der Waals surface area contributed by atoms with Crippen molar-refractivity contribution in [2.24, 2.45) is 0 Å². The second-order valence-electron chi connectivity index (χ2n) is 2.60. The number of alkyl halides is 1. The van der Waals surface area contributed by atoms with Gasteiger partial charge in [0.1, 0.15) is 5.38 Å². The lowest BCUT2D eigenvalue weighted by molar-refractivity contribution is -0.120. The SMILES string of the molecule is C=CCCOCCNC(=O)C(C)Cl. The molecule has 0 aliphatic heterocycles. The summed E-state index contributed by atoms with van der Waals surface area (Å²) in [5.74, 6) is -0.158. The van der Waals surface area contributed by atoms with Crippen LogP contribution in [0.15, 0.2) is 12.7 Å². The summed E-state index contributed by atoms with van der Waals surface area (Å²) in [6.45, 7) is 6.87. The summed E-state index contributed by atoms with van der Waals surface area (Å²) in [6, 6.07) is 0. The van der Waals surface area contributed by atoms with Gasteiger partial charge in [-0.05, 0) is 13.3 Å². The Bertz CT molecular complexity index is 160. The molecular formula is C9H16ClNO2. The van der Waals surface area contributed by atoms with E-state index >= 15 is 0 Å². The van der Waals surface area contributed by atoms with E-state index in [-0.39, 0.29) is 5.91 Å². The normalized spacial score (nSPS) is 12.2. The molecule has 0 aromatic carbocycles. The van der Waals surface area contributed by atoms with Gasteiger partial charge >= 0.3 is 0 Å².